The van der Waals surface area contributed by atoms with Gasteiger partial charge in [0.2, 0.25) is 0 Å². The summed E-state index contributed by atoms with van der Waals surface area (Å²) in [6.07, 6.45) is 2.90. The van der Waals surface area contributed by atoms with Crippen LogP contribution in [0.5, 0.6) is 5.75 Å². The summed E-state index contributed by atoms with van der Waals surface area (Å²) in [5.41, 5.74) is 1.10. The molecule has 21 heavy (non-hydrogen) atoms. The van der Waals surface area contributed by atoms with Crippen molar-refractivity contribution in [1.29, 1.82) is 0 Å². The molecule has 2 aromatic rings. The molecule has 0 amide bonds. The third-order valence-electron chi connectivity index (χ3n) is 3.84. The smallest absolute Gasteiger partial charge is 0.124 e. The molecule has 0 radical (unpaired) electrons. The Bertz CT molecular complexity index is 635. The third-order valence-corrected chi connectivity index (χ3v) is 4.93. The molecule has 1 aliphatic heterocycles. The van der Waals surface area contributed by atoms with Gasteiger partial charge < -0.3 is 10.1 Å². The Morgan fingerprint density at radius 1 is 1.38 bits per heavy atom. The SMILES string of the molecule is Cc1cnc(C(C)NC2CC(C)(C)Oc3ccccc32)s1. The highest BCUT2D eigenvalue weighted by molar-refractivity contribution is 7.11. The lowest BCUT2D eigenvalue weighted by Gasteiger charge is -2.38. The van der Waals surface area contributed by atoms with Crippen molar-refractivity contribution in [1.82, 2.24) is 10.3 Å². The summed E-state index contributed by atoms with van der Waals surface area (Å²) in [5, 5.41) is 4.88. The van der Waals surface area contributed by atoms with E-state index >= 15 is 0 Å². The Morgan fingerprint density at radius 2 is 2.14 bits per heavy atom. The van der Waals surface area contributed by atoms with Gasteiger partial charge in [0.05, 0.1) is 6.04 Å². The zero-order valence-electron chi connectivity index (χ0n) is 13.0. The summed E-state index contributed by atoms with van der Waals surface area (Å²) in [5.74, 6) is 0.994. The van der Waals surface area contributed by atoms with Crippen molar-refractivity contribution in [3.63, 3.8) is 0 Å². The topological polar surface area (TPSA) is 34.2 Å². The van der Waals surface area contributed by atoms with Crippen LogP contribution < -0.4 is 10.1 Å². The summed E-state index contributed by atoms with van der Waals surface area (Å²) >= 11 is 1.76. The van der Waals surface area contributed by atoms with Crippen LogP contribution in [-0.2, 0) is 0 Å². The highest BCUT2D eigenvalue weighted by atomic mass is 32.1. The standard InChI is InChI=1S/C17H22N2OS/c1-11-10-18-16(21-11)12(2)19-14-9-17(3,4)20-15-8-6-5-7-13(14)15/h5-8,10,12,14,19H,9H2,1-4H3. The second-order valence-electron chi connectivity index (χ2n) is 6.35. The quantitative estimate of drug-likeness (QED) is 0.912. The first-order chi connectivity index (χ1) is 9.94. The fraction of sp³-hybridized carbons (Fsp3) is 0.471. The minimum atomic E-state index is -0.148. The molecule has 1 N–H and O–H groups in total. The zero-order chi connectivity index (χ0) is 15.0. The molecule has 1 aromatic heterocycles. The van der Waals surface area contributed by atoms with E-state index in [1.807, 2.05) is 12.3 Å². The summed E-state index contributed by atoms with van der Waals surface area (Å²) in [4.78, 5) is 5.75. The van der Waals surface area contributed by atoms with Crippen LogP contribution >= 0.6 is 11.3 Å². The van der Waals surface area contributed by atoms with Crippen molar-refractivity contribution in [3.8, 4) is 5.75 Å². The number of hydrogen-bond acceptors (Lipinski definition) is 4. The van der Waals surface area contributed by atoms with Gasteiger partial charge >= 0.3 is 0 Å². The van der Waals surface area contributed by atoms with Gasteiger partial charge in [0, 0.05) is 29.1 Å². The van der Waals surface area contributed by atoms with Crippen LogP contribution in [0.1, 0.15) is 54.7 Å². The number of rotatable bonds is 3. The summed E-state index contributed by atoms with van der Waals surface area (Å²) in [7, 11) is 0. The Kier molecular flexibility index (Phi) is 3.76. The highest BCUT2D eigenvalue weighted by Gasteiger charge is 2.34. The van der Waals surface area contributed by atoms with E-state index in [9.17, 15) is 0 Å². The van der Waals surface area contributed by atoms with Gasteiger partial charge in [-0.25, -0.2) is 4.98 Å². The summed E-state index contributed by atoms with van der Waals surface area (Å²) in [6.45, 7) is 8.58. The second-order valence-corrected chi connectivity index (χ2v) is 7.62. The molecular formula is C17H22N2OS. The van der Waals surface area contributed by atoms with Crippen LogP contribution in [-0.4, -0.2) is 10.6 Å². The van der Waals surface area contributed by atoms with Crippen molar-refractivity contribution in [2.24, 2.45) is 0 Å². The maximum absolute atomic E-state index is 6.09. The maximum atomic E-state index is 6.09. The van der Waals surface area contributed by atoms with Crippen LogP contribution in [0.25, 0.3) is 0 Å². The molecule has 1 aliphatic rings. The molecular weight excluding hydrogens is 280 g/mol. The van der Waals surface area contributed by atoms with Crippen molar-refractivity contribution < 1.29 is 4.74 Å². The highest BCUT2D eigenvalue weighted by Crippen LogP contribution is 2.40. The van der Waals surface area contributed by atoms with Gasteiger partial charge in [0.15, 0.2) is 0 Å². The fourth-order valence-corrected chi connectivity index (χ4v) is 3.68. The van der Waals surface area contributed by atoms with Gasteiger partial charge in [-0.1, -0.05) is 18.2 Å². The van der Waals surface area contributed by atoms with Crippen LogP contribution in [0.15, 0.2) is 30.5 Å². The molecule has 4 heteroatoms. The largest absolute Gasteiger partial charge is 0.487 e. The number of benzene rings is 1. The molecule has 2 heterocycles. The van der Waals surface area contributed by atoms with E-state index in [0.29, 0.717) is 6.04 Å². The molecule has 2 unspecified atom stereocenters. The summed E-state index contributed by atoms with van der Waals surface area (Å²) in [6, 6.07) is 8.86. The van der Waals surface area contributed by atoms with E-state index in [0.717, 1.165) is 17.2 Å². The van der Waals surface area contributed by atoms with Gasteiger partial charge in [0.25, 0.3) is 0 Å². The van der Waals surface area contributed by atoms with Crippen LogP contribution in [0.4, 0.5) is 0 Å². The Hall–Kier alpha value is -1.39. The first-order valence-corrected chi connectivity index (χ1v) is 8.22. The Balaban J connectivity index is 1.84. The van der Waals surface area contributed by atoms with Crippen molar-refractivity contribution in [3.05, 3.63) is 45.9 Å². The molecule has 3 nitrogen and oxygen atoms in total. The average molecular weight is 302 g/mol. The van der Waals surface area contributed by atoms with Gasteiger partial charge in [0.1, 0.15) is 16.4 Å². The molecule has 1 aromatic carbocycles. The van der Waals surface area contributed by atoms with E-state index in [4.69, 9.17) is 4.74 Å². The van der Waals surface area contributed by atoms with E-state index in [-0.39, 0.29) is 11.6 Å². The van der Waals surface area contributed by atoms with E-state index in [1.54, 1.807) is 11.3 Å². The van der Waals surface area contributed by atoms with Crippen LogP contribution in [0.3, 0.4) is 0 Å². The molecule has 0 aliphatic carbocycles. The van der Waals surface area contributed by atoms with Gasteiger partial charge in [-0.3, -0.25) is 0 Å². The van der Waals surface area contributed by atoms with Gasteiger partial charge in [-0.15, -0.1) is 11.3 Å². The normalized spacial score (nSPS) is 21.4. The Labute approximate surface area is 130 Å². The number of aromatic nitrogens is 1. The van der Waals surface area contributed by atoms with Gasteiger partial charge in [-0.05, 0) is 33.8 Å². The summed E-state index contributed by atoms with van der Waals surface area (Å²) < 4.78 is 6.09. The van der Waals surface area contributed by atoms with Crippen molar-refractivity contribution in [2.45, 2.75) is 51.8 Å². The predicted molar refractivity (Wildman–Crippen MR) is 86.9 cm³/mol. The number of thiazole rings is 1. The molecule has 2 atom stereocenters. The number of para-hydroxylation sites is 1. The van der Waals surface area contributed by atoms with Gasteiger partial charge in [-0.2, -0.15) is 0 Å². The second kappa shape index (κ2) is 5.43. The number of aryl methyl sites for hydroxylation is 1. The number of nitrogens with one attached hydrogen (secondary N) is 1. The minimum Gasteiger partial charge on any atom is -0.487 e. The van der Waals surface area contributed by atoms with E-state index < -0.39 is 0 Å². The molecule has 0 saturated carbocycles. The molecule has 0 bridgehead atoms. The van der Waals surface area contributed by atoms with E-state index in [2.05, 4.69) is 56.2 Å². The molecule has 0 fully saturated rings. The number of fused-ring (bicyclic) bond motifs is 1. The molecule has 112 valence electrons. The van der Waals surface area contributed by atoms with Crippen LogP contribution in [0, 0.1) is 6.92 Å². The monoisotopic (exact) mass is 302 g/mol. The number of ether oxygens (including phenoxy) is 1. The lowest BCUT2D eigenvalue weighted by atomic mass is 9.89. The maximum Gasteiger partial charge on any atom is 0.124 e. The van der Waals surface area contributed by atoms with Crippen LogP contribution in [0.2, 0.25) is 0 Å². The number of nitrogens with zero attached hydrogens (tertiary/aromatic N) is 1. The van der Waals surface area contributed by atoms with E-state index in [1.165, 1.54) is 10.4 Å². The first-order valence-electron chi connectivity index (χ1n) is 7.41. The van der Waals surface area contributed by atoms with Crippen molar-refractivity contribution >= 4 is 11.3 Å². The lowest BCUT2D eigenvalue weighted by Crippen LogP contribution is -2.40. The third kappa shape index (κ3) is 3.11. The minimum absolute atomic E-state index is 0.148. The molecule has 0 spiro atoms. The zero-order valence-corrected chi connectivity index (χ0v) is 13.8. The average Bonchev–Trinajstić information content (AvgIpc) is 2.84. The van der Waals surface area contributed by atoms with Crippen molar-refractivity contribution in [2.75, 3.05) is 0 Å². The molecule has 3 rings (SSSR count). The molecule has 0 saturated heterocycles. The Morgan fingerprint density at radius 3 is 2.86 bits per heavy atom. The first kappa shape index (κ1) is 14.5. The lowest BCUT2D eigenvalue weighted by molar-refractivity contribution is 0.0640. The fourth-order valence-electron chi connectivity index (χ4n) is 2.90. The predicted octanol–water partition coefficient (Wildman–Crippen LogP) is 4.40. The number of hydrogen-bond donors (Lipinski definition) is 1.